The minimum Gasteiger partial charge on any atom is -0.348 e. The summed E-state index contributed by atoms with van der Waals surface area (Å²) in [5, 5.41) is 6.39. The van der Waals surface area contributed by atoms with Crippen LogP contribution in [0.2, 0.25) is 0 Å². The first-order valence-electron chi connectivity index (χ1n) is 7.27. The van der Waals surface area contributed by atoms with Crippen LogP contribution in [0.5, 0.6) is 0 Å². The van der Waals surface area contributed by atoms with Gasteiger partial charge in [-0.3, -0.25) is 9.78 Å². The number of aromatic nitrogens is 1. The van der Waals surface area contributed by atoms with Gasteiger partial charge in [0, 0.05) is 18.9 Å². The molecule has 0 fully saturated rings. The van der Waals surface area contributed by atoms with E-state index in [9.17, 15) is 4.79 Å². The van der Waals surface area contributed by atoms with Crippen molar-refractivity contribution in [1.82, 2.24) is 15.6 Å². The summed E-state index contributed by atoms with van der Waals surface area (Å²) in [6.07, 6.45) is 4.46. The molecule has 0 bridgehead atoms. The van der Waals surface area contributed by atoms with Crippen molar-refractivity contribution >= 4 is 5.91 Å². The molecule has 3 rings (SSSR count). The minimum atomic E-state index is -0.265. The number of carbonyl (C=O) groups is 1. The van der Waals surface area contributed by atoms with E-state index in [0.29, 0.717) is 0 Å². The number of benzene rings is 1. The molecule has 2 aromatic rings. The Morgan fingerprint density at radius 3 is 2.86 bits per heavy atom. The summed E-state index contributed by atoms with van der Waals surface area (Å²) in [6.45, 7) is 2.82. The summed E-state index contributed by atoms with van der Waals surface area (Å²) in [4.78, 5) is 16.6. The Hall–Kier alpha value is -2.20. The molecule has 108 valence electrons. The van der Waals surface area contributed by atoms with Crippen LogP contribution in [0.25, 0.3) is 0 Å². The molecule has 4 nitrogen and oxygen atoms in total. The summed E-state index contributed by atoms with van der Waals surface area (Å²) < 4.78 is 0. The molecular weight excluding hydrogens is 262 g/mol. The fourth-order valence-electron chi connectivity index (χ4n) is 2.77. The predicted molar refractivity (Wildman–Crippen MR) is 81.7 cm³/mol. The molecular formula is C17H19N3O. The van der Waals surface area contributed by atoms with Crippen molar-refractivity contribution in [2.24, 2.45) is 0 Å². The molecule has 2 N–H and O–H groups in total. The van der Waals surface area contributed by atoms with Gasteiger partial charge in [0.2, 0.25) is 5.91 Å². The van der Waals surface area contributed by atoms with Crippen LogP contribution < -0.4 is 10.6 Å². The molecule has 2 heterocycles. The smallest absolute Gasteiger partial charge is 0.242 e. The molecule has 21 heavy (non-hydrogen) atoms. The van der Waals surface area contributed by atoms with Crippen LogP contribution in [0.15, 0.2) is 48.8 Å². The first-order chi connectivity index (χ1) is 10.3. The molecule has 1 aliphatic rings. The standard InChI is InChI=1S/C17H19N3O/c1-12(13-6-9-18-10-7-13)20-17(21)16-15-5-3-2-4-14(15)8-11-19-16/h2-7,9-10,12,16,19H,8,11H2,1H3,(H,20,21)/t12-,16?/m1/s1. The Morgan fingerprint density at radius 2 is 2.05 bits per heavy atom. The van der Waals surface area contributed by atoms with Gasteiger partial charge in [-0.1, -0.05) is 24.3 Å². The molecule has 2 atom stereocenters. The van der Waals surface area contributed by atoms with E-state index in [1.54, 1.807) is 12.4 Å². The van der Waals surface area contributed by atoms with Gasteiger partial charge in [0.05, 0.1) is 6.04 Å². The van der Waals surface area contributed by atoms with Gasteiger partial charge in [-0.25, -0.2) is 0 Å². The van der Waals surface area contributed by atoms with E-state index in [1.807, 2.05) is 37.3 Å². The van der Waals surface area contributed by atoms with E-state index in [0.717, 1.165) is 24.1 Å². The zero-order chi connectivity index (χ0) is 14.7. The topological polar surface area (TPSA) is 54.0 Å². The van der Waals surface area contributed by atoms with Crippen molar-refractivity contribution in [3.05, 3.63) is 65.5 Å². The third kappa shape index (κ3) is 2.95. The van der Waals surface area contributed by atoms with Gasteiger partial charge in [0.1, 0.15) is 6.04 Å². The van der Waals surface area contributed by atoms with Gasteiger partial charge in [-0.05, 0) is 42.2 Å². The van der Waals surface area contributed by atoms with Crippen LogP contribution in [0.3, 0.4) is 0 Å². The lowest BCUT2D eigenvalue weighted by atomic mass is 9.93. The molecule has 0 aliphatic carbocycles. The summed E-state index contributed by atoms with van der Waals surface area (Å²) >= 11 is 0. The SMILES string of the molecule is C[C@@H](NC(=O)C1NCCc2ccccc21)c1ccncc1. The lowest BCUT2D eigenvalue weighted by Gasteiger charge is -2.27. The van der Waals surface area contributed by atoms with Crippen LogP contribution in [0, 0.1) is 0 Å². The zero-order valence-electron chi connectivity index (χ0n) is 12.0. The number of rotatable bonds is 3. The molecule has 4 heteroatoms. The average molecular weight is 281 g/mol. The van der Waals surface area contributed by atoms with Crippen molar-refractivity contribution in [3.8, 4) is 0 Å². The monoisotopic (exact) mass is 281 g/mol. The van der Waals surface area contributed by atoms with Crippen molar-refractivity contribution in [2.75, 3.05) is 6.54 Å². The van der Waals surface area contributed by atoms with Crippen LogP contribution >= 0.6 is 0 Å². The van der Waals surface area contributed by atoms with E-state index in [1.165, 1.54) is 5.56 Å². The van der Waals surface area contributed by atoms with E-state index < -0.39 is 0 Å². The number of pyridine rings is 1. The summed E-state index contributed by atoms with van der Waals surface area (Å²) in [5.74, 6) is 0.0199. The van der Waals surface area contributed by atoms with Crippen LogP contribution in [-0.4, -0.2) is 17.4 Å². The maximum Gasteiger partial charge on any atom is 0.242 e. The van der Waals surface area contributed by atoms with Gasteiger partial charge >= 0.3 is 0 Å². The van der Waals surface area contributed by atoms with Gasteiger partial charge < -0.3 is 10.6 Å². The third-order valence-electron chi connectivity index (χ3n) is 3.94. The Balaban J connectivity index is 1.75. The maximum atomic E-state index is 12.6. The van der Waals surface area contributed by atoms with Gasteiger partial charge in [-0.15, -0.1) is 0 Å². The number of amides is 1. The number of nitrogens with zero attached hydrogens (tertiary/aromatic N) is 1. The molecule has 0 saturated carbocycles. The van der Waals surface area contributed by atoms with E-state index >= 15 is 0 Å². The van der Waals surface area contributed by atoms with Crippen LogP contribution in [0.1, 0.15) is 35.7 Å². The lowest BCUT2D eigenvalue weighted by Crippen LogP contribution is -2.42. The lowest BCUT2D eigenvalue weighted by molar-refractivity contribution is -0.124. The Kier molecular flexibility index (Phi) is 3.97. The fraction of sp³-hybridized carbons (Fsp3) is 0.294. The average Bonchev–Trinajstić information content (AvgIpc) is 2.55. The molecule has 0 saturated heterocycles. The van der Waals surface area contributed by atoms with E-state index in [2.05, 4.69) is 21.7 Å². The minimum absolute atomic E-state index is 0.0199. The number of hydrogen-bond acceptors (Lipinski definition) is 3. The quantitative estimate of drug-likeness (QED) is 0.906. The van der Waals surface area contributed by atoms with Crippen molar-refractivity contribution < 1.29 is 4.79 Å². The second-order valence-electron chi connectivity index (χ2n) is 5.35. The highest BCUT2D eigenvalue weighted by Gasteiger charge is 2.26. The highest BCUT2D eigenvalue weighted by atomic mass is 16.2. The fourth-order valence-corrected chi connectivity index (χ4v) is 2.77. The molecule has 0 spiro atoms. The van der Waals surface area contributed by atoms with Crippen LogP contribution in [-0.2, 0) is 11.2 Å². The summed E-state index contributed by atoms with van der Waals surface area (Å²) in [7, 11) is 0. The first-order valence-corrected chi connectivity index (χ1v) is 7.27. The van der Waals surface area contributed by atoms with E-state index in [4.69, 9.17) is 0 Å². The number of fused-ring (bicyclic) bond motifs is 1. The highest BCUT2D eigenvalue weighted by Crippen LogP contribution is 2.23. The zero-order valence-corrected chi connectivity index (χ0v) is 12.0. The molecule has 1 aromatic heterocycles. The predicted octanol–water partition coefficient (Wildman–Crippen LogP) is 2.15. The summed E-state index contributed by atoms with van der Waals surface area (Å²) in [6, 6.07) is 11.7. The highest BCUT2D eigenvalue weighted by molar-refractivity contribution is 5.84. The second-order valence-corrected chi connectivity index (χ2v) is 5.35. The van der Waals surface area contributed by atoms with Gasteiger partial charge in [0.15, 0.2) is 0 Å². The van der Waals surface area contributed by atoms with Gasteiger partial charge in [0.25, 0.3) is 0 Å². The molecule has 1 unspecified atom stereocenters. The number of carbonyl (C=O) groups excluding carboxylic acids is 1. The normalized spacial score (nSPS) is 18.6. The van der Waals surface area contributed by atoms with E-state index in [-0.39, 0.29) is 18.0 Å². The van der Waals surface area contributed by atoms with Crippen LogP contribution in [0.4, 0.5) is 0 Å². The molecule has 1 aromatic carbocycles. The van der Waals surface area contributed by atoms with Crippen molar-refractivity contribution in [3.63, 3.8) is 0 Å². The summed E-state index contributed by atoms with van der Waals surface area (Å²) in [5.41, 5.74) is 3.40. The van der Waals surface area contributed by atoms with Crippen molar-refractivity contribution in [2.45, 2.75) is 25.4 Å². The Bertz CT molecular complexity index is 627. The molecule has 1 aliphatic heterocycles. The Labute approximate surface area is 124 Å². The molecule has 0 radical (unpaired) electrons. The van der Waals surface area contributed by atoms with Gasteiger partial charge in [-0.2, -0.15) is 0 Å². The maximum absolute atomic E-state index is 12.6. The largest absolute Gasteiger partial charge is 0.348 e. The second kappa shape index (κ2) is 6.06. The number of hydrogen-bond donors (Lipinski definition) is 2. The first kappa shape index (κ1) is 13.8. The molecule has 1 amide bonds. The van der Waals surface area contributed by atoms with Crippen molar-refractivity contribution in [1.29, 1.82) is 0 Å². The number of nitrogens with one attached hydrogen (secondary N) is 2. The third-order valence-corrected chi connectivity index (χ3v) is 3.94. The Morgan fingerprint density at radius 1 is 1.29 bits per heavy atom.